The van der Waals surface area contributed by atoms with Gasteiger partial charge in [0.2, 0.25) is 0 Å². The Kier molecular flexibility index (Phi) is 4.57. The molecule has 0 heterocycles. The molecule has 1 N–H and O–H groups in total. The number of aryl methyl sites for hydroxylation is 1. The largest absolute Gasteiger partial charge is 0.481 e. The molecule has 0 unspecified atom stereocenters. The smallest absolute Gasteiger partial charge is 0.307 e. The predicted octanol–water partition coefficient (Wildman–Crippen LogP) is 4.78. The van der Waals surface area contributed by atoms with Gasteiger partial charge in [-0.05, 0) is 42.5 Å². The SMILES string of the molecule is Cc1cc(CC(=O)O)cc(Br)c1C1(Cl)CCCCC1. The summed E-state index contributed by atoms with van der Waals surface area (Å²) in [6.45, 7) is 2.02. The van der Waals surface area contributed by atoms with Gasteiger partial charge in [-0.25, -0.2) is 0 Å². The molecule has 1 aliphatic rings. The van der Waals surface area contributed by atoms with E-state index in [-0.39, 0.29) is 11.3 Å². The third-order valence-corrected chi connectivity index (χ3v) is 4.99. The van der Waals surface area contributed by atoms with Crippen LogP contribution in [0, 0.1) is 6.92 Å². The van der Waals surface area contributed by atoms with E-state index in [9.17, 15) is 4.79 Å². The molecule has 0 atom stereocenters. The minimum Gasteiger partial charge on any atom is -0.481 e. The lowest BCUT2D eigenvalue weighted by molar-refractivity contribution is -0.136. The minimum absolute atomic E-state index is 0.0506. The zero-order valence-corrected chi connectivity index (χ0v) is 13.4. The molecule has 2 rings (SSSR count). The van der Waals surface area contributed by atoms with E-state index in [4.69, 9.17) is 16.7 Å². The van der Waals surface area contributed by atoms with Crippen LogP contribution in [0.3, 0.4) is 0 Å². The van der Waals surface area contributed by atoms with Crippen molar-refractivity contribution < 1.29 is 9.90 Å². The van der Waals surface area contributed by atoms with Crippen LogP contribution in [-0.4, -0.2) is 11.1 Å². The normalized spacial score (nSPS) is 18.3. The molecule has 104 valence electrons. The quantitative estimate of drug-likeness (QED) is 0.800. The molecule has 4 heteroatoms. The van der Waals surface area contributed by atoms with Crippen LogP contribution >= 0.6 is 27.5 Å². The molecule has 1 saturated carbocycles. The Morgan fingerprint density at radius 3 is 2.53 bits per heavy atom. The van der Waals surface area contributed by atoms with Gasteiger partial charge in [-0.2, -0.15) is 0 Å². The molecule has 0 saturated heterocycles. The molecule has 19 heavy (non-hydrogen) atoms. The van der Waals surface area contributed by atoms with Crippen molar-refractivity contribution >= 4 is 33.5 Å². The molecule has 0 aliphatic heterocycles. The fourth-order valence-corrected chi connectivity index (χ4v) is 4.64. The fraction of sp³-hybridized carbons (Fsp3) is 0.533. The molecule has 1 aliphatic carbocycles. The van der Waals surface area contributed by atoms with Crippen molar-refractivity contribution in [1.29, 1.82) is 0 Å². The monoisotopic (exact) mass is 344 g/mol. The highest BCUT2D eigenvalue weighted by Gasteiger charge is 2.34. The Bertz CT molecular complexity index is 470. The number of hydrogen-bond acceptors (Lipinski definition) is 1. The highest BCUT2D eigenvalue weighted by atomic mass is 79.9. The predicted molar refractivity (Wildman–Crippen MR) is 80.8 cm³/mol. The summed E-state index contributed by atoms with van der Waals surface area (Å²) in [6.07, 6.45) is 5.61. The Morgan fingerprint density at radius 1 is 1.37 bits per heavy atom. The Balaban J connectivity index is 2.38. The zero-order chi connectivity index (χ0) is 14.0. The molecule has 1 aromatic carbocycles. The van der Waals surface area contributed by atoms with E-state index < -0.39 is 5.97 Å². The van der Waals surface area contributed by atoms with Gasteiger partial charge in [0.25, 0.3) is 0 Å². The molecule has 0 aromatic heterocycles. The molecule has 1 fully saturated rings. The number of carbonyl (C=O) groups is 1. The van der Waals surface area contributed by atoms with E-state index in [1.165, 1.54) is 6.42 Å². The van der Waals surface area contributed by atoms with Crippen molar-refractivity contribution in [1.82, 2.24) is 0 Å². The summed E-state index contributed by atoms with van der Waals surface area (Å²) in [4.78, 5) is 10.5. The first-order valence-electron chi connectivity index (χ1n) is 6.62. The lowest BCUT2D eigenvalue weighted by Crippen LogP contribution is -2.24. The van der Waals surface area contributed by atoms with Gasteiger partial charge in [0.05, 0.1) is 11.3 Å². The summed E-state index contributed by atoms with van der Waals surface area (Å²) in [5, 5.41) is 8.88. The summed E-state index contributed by atoms with van der Waals surface area (Å²) in [5.74, 6) is -0.808. The first kappa shape index (κ1) is 14.9. The van der Waals surface area contributed by atoms with E-state index in [0.717, 1.165) is 46.8 Å². The molecule has 0 amide bonds. The van der Waals surface area contributed by atoms with Gasteiger partial charge < -0.3 is 5.11 Å². The van der Waals surface area contributed by atoms with Gasteiger partial charge in [0.15, 0.2) is 0 Å². The third kappa shape index (κ3) is 3.32. The number of alkyl halides is 1. The van der Waals surface area contributed by atoms with Crippen molar-refractivity contribution in [3.8, 4) is 0 Å². The third-order valence-electron chi connectivity index (χ3n) is 3.80. The lowest BCUT2D eigenvalue weighted by atomic mass is 9.81. The van der Waals surface area contributed by atoms with Crippen LogP contribution in [0.1, 0.15) is 48.8 Å². The number of carboxylic acid groups (broad SMARTS) is 1. The standard InChI is InChI=1S/C15H18BrClO2/c1-10-7-11(9-13(18)19)8-12(16)14(10)15(17)5-3-2-4-6-15/h7-8H,2-6,9H2,1H3,(H,18,19). The Hall–Kier alpha value is -0.540. The molecule has 0 bridgehead atoms. The molecular weight excluding hydrogens is 328 g/mol. The van der Waals surface area contributed by atoms with Crippen molar-refractivity contribution in [2.24, 2.45) is 0 Å². The lowest BCUT2D eigenvalue weighted by Gasteiger charge is -2.34. The van der Waals surface area contributed by atoms with E-state index >= 15 is 0 Å². The Labute approximate surface area is 127 Å². The van der Waals surface area contributed by atoms with Crippen molar-refractivity contribution in [3.05, 3.63) is 33.3 Å². The molecule has 0 spiro atoms. The van der Waals surface area contributed by atoms with Crippen molar-refractivity contribution in [2.75, 3.05) is 0 Å². The number of carboxylic acids is 1. The van der Waals surface area contributed by atoms with Gasteiger partial charge in [0.1, 0.15) is 0 Å². The van der Waals surface area contributed by atoms with Gasteiger partial charge in [-0.15, -0.1) is 11.6 Å². The maximum Gasteiger partial charge on any atom is 0.307 e. The second-order valence-electron chi connectivity index (χ2n) is 5.37. The van der Waals surface area contributed by atoms with E-state index in [1.807, 2.05) is 19.1 Å². The van der Waals surface area contributed by atoms with Crippen LogP contribution in [0.5, 0.6) is 0 Å². The van der Waals surface area contributed by atoms with Gasteiger partial charge in [-0.1, -0.05) is 41.3 Å². The second-order valence-corrected chi connectivity index (χ2v) is 6.94. The van der Waals surface area contributed by atoms with Crippen LogP contribution in [0.2, 0.25) is 0 Å². The number of rotatable bonds is 3. The maximum absolute atomic E-state index is 10.8. The summed E-state index contributed by atoms with van der Waals surface area (Å²) < 4.78 is 0.945. The molecular formula is C15H18BrClO2. The van der Waals surface area contributed by atoms with Crippen LogP contribution < -0.4 is 0 Å². The summed E-state index contributed by atoms with van der Waals surface area (Å²) >= 11 is 10.4. The van der Waals surface area contributed by atoms with Gasteiger partial charge in [-0.3, -0.25) is 4.79 Å². The minimum atomic E-state index is -0.808. The summed E-state index contributed by atoms with van der Waals surface area (Å²) in [6, 6.07) is 3.85. The van der Waals surface area contributed by atoms with Crippen molar-refractivity contribution in [2.45, 2.75) is 50.3 Å². The van der Waals surface area contributed by atoms with Crippen LogP contribution in [0.25, 0.3) is 0 Å². The maximum atomic E-state index is 10.8. The van der Waals surface area contributed by atoms with Gasteiger partial charge >= 0.3 is 5.97 Å². The average molecular weight is 346 g/mol. The fourth-order valence-electron chi connectivity index (χ4n) is 3.02. The summed E-state index contributed by atoms with van der Waals surface area (Å²) in [7, 11) is 0. The zero-order valence-electron chi connectivity index (χ0n) is 11.0. The number of hydrogen-bond donors (Lipinski definition) is 1. The number of halogens is 2. The van der Waals surface area contributed by atoms with Gasteiger partial charge in [0, 0.05) is 4.47 Å². The molecule has 0 radical (unpaired) electrons. The first-order chi connectivity index (χ1) is 8.92. The van der Waals surface area contributed by atoms with E-state index in [0.29, 0.717) is 0 Å². The van der Waals surface area contributed by atoms with Crippen molar-refractivity contribution in [3.63, 3.8) is 0 Å². The van der Waals surface area contributed by atoms with Crippen LogP contribution in [0.4, 0.5) is 0 Å². The highest BCUT2D eigenvalue weighted by molar-refractivity contribution is 9.10. The van der Waals surface area contributed by atoms with E-state index in [1.54, 1.807) is 0 Å². The number of aliphatic carboxylic acids is 1. The van der Waals surface area contributed by atoms with E-state index in [2.05, 4.69) is 15.9 Å². The molecule has 1 aromatic rings. The van der Waals surface area contributed by atoms with Crippen LogP contribution in [-0.2, 0) is 16.1 Å². The van der Waals surface area contributed by atoms with Crippen LogP contribution in [0.15, 0.2) is 16.6 Å². The second kappa shape index (κ2) is 5.84. The topological polar surface area (TPSA) is 37.3 Å². The average Bonchev–Trinajstić information content (AvgIpc) is 2.27. The number of benzene rings is 1. The summed E-state index contributed by atoms with van der Waals surface area (Å²) in [5.41, 5.74) is 3.04. The highest BCUT2D eigenvalue weighted by Crippen LogP contribution is 2.47. The molecule has 2 nitrogen and oxygen atoms in total. The first-order valence-corrected chi connectivity index (χ1v) is 7.80. The Morgan fingerprint density at radius 2 is 2.00 bits per heavy atom.